The molecule has 2 aliphatic rings. The van der Waals surface area contributed by atoms with Gasteiger partial charge in [0, 0.05) is 0 Å². The molecule has 0 heterocycles. The van der Waals surface area contributed by atoms with Crippen LogP contribution >= 0.6 is 0 Å². The Balaban J connectivity index is 1.86. The van der Waals surface area contributed by atoms with Gasteiger partial charge in [-0.05, 0) is 86.5 Å². The predicted octanol–water partition coefficient (Wildman–Crippen LogP) is 5.10. The summed E-state index contributed by atoms with van der Waals surface area (Å²) in [5, 5.41) is 0. The lowest BCUT2D eigenvalue weighted by Crippen LogP contribution is -2.28. The topological polar surface area (TPSA) is 26.0 Å². The summed E-state index contributed by atoms with van der Waals surface area (Å²) >= 11 is 0. The minimum absolute atomic E-state index is 0.868. The van der Waals surface area contributed by atoms with Crippen molar-refractivity contribution in [3.63, 3.8) is 0 Å². The maximum absolute atomic E-state index is 5.71. The van der Waals surface area contributed by atoms with Gasteiger partial charge in [0.1, 0.15) is 0 Å². The zero-order valence-electron chi connectivity index (χ0n) is 14.3. The Morgan fingerprint density at radius 1 is 1.05 bits per heavy atom. The van der Waals surface area contributed by atoms with Crippen LogP contribution < -0.4 is 5.73 Å². The predicted molar refractivity (Wildman–Crippen MR) is 88.5 cm³/mol. The number of rotatable bonds is 8. The first-order valence-electron chi connectivity index (χ1n) is 9.28. The number of hydrogen-bond donors (Lipinski definition) is 1. The molecule has 2 rings (SSSR count). The highest BCUT2D eigenvalue weighted by Gasteiger charge is 2.52. The molecule has 0 aromatic rings. The molecule has 0 saturated heterocycles. The number of nitrogens with two attached hydrogens (primary N) is 1. The molecule has 0 aliphatic heterocycles. The molecule has 2 aliphatic carbocycles. The zero-order chi connectivity index (χ0) is 14.7. The molecule has 20 heavy (non-hydrogen) atoms. The van der Waals surface area contributed by atoms with Crippen LogP contribution in [0.15, 0.2) is 0 Å². The average Bonchev–Trinajstić information content (AvgIpc) is 3.18. The average molecular weight is 280 g/mol. The van der Waals surface area contributed by atoms with E-state index in [0.29, 0.717) is 0 Å². The third-order valence-corrected chi connectivity index (χ3v) is 6.31. The van der Waals surface area contributed by atoms with Crippen molar-refractivity contribution in [3.05, 3.63) is 0 Å². The van der Waals surface area contributed by atoms with Gasteiger partial charge in [0.2, 0.25) is 0 Å². The van der Waals surface area contributed by atoms with Gasteiger partial charge in [0.05, 0.1) is 0 Å². The van der Waals surface area contributed by atoms with Crippen LogP contribution in [-0.4, -0.2) is 6.54 Å². The zero-order valence-corrected chi connectivity index (χ0v) is 14.3. The summed E-state index contributed by atoms with van der Waals surface area (Å²) < 4.78 is 0. The molecule has 1 nitrogen and oxygen atoms in total. The molecule has 6 atom stereocenters. The fourth-order valence-electron chi connectivity index (χ4n) is 5.34. The standard InChI is InChI=1S/C19H37N/c1-5-15(7-6-10-20)17-9-8-16(18-12-19(17)18)14(4)11-13(2)3/h13-19H,5-12,20H2,1-4H3. The Labute approximate surface area is 127 Å². The van der Waals surface area contributed by atoms with Crippen molar-refractivity contribution in [2.45, 2.75) is 72.6 Å². The first-order chi connectivity index (χ1) is 9.58. The summed E-state index contributed by atoms with van der Waals surface area (Å²) in [5.41, 5.74) is 5.71. The normalized spacial score (nSPS) is 35.7. The molecular formula is C19H37N. The van der Waals surface area contributed by atoms with E-state index < -0.39 is 0 Å². The van der Waals surface area contributed by atoms with Crippen molar-refractivity contribution in [1.82, 2.24) is 0 Å². The number of fused-ring (bicyclic) bond motifs is 1. The smallest absolute Gasteiger partial charge is 0.00772 e. The lowest BCUT2D eigenvalue weighted by atomic mass is 9.69. The van der Waals surface area contributed by atoms with Crippen molar-refractivity contribution < 1.29 is 0 Å². The van der Waals surface area contributed by atoms with E-state index >= 15 is 0 Å². The summed E-state index contributed by atoms with van der Waals surface area (Å²) in [5.74, 6) is 7.06. The van der Waals surface area contributed by atoms with Crippen molar-refractivity contribution in [2.75, 3.05) is 6.54 Å². The van der Waals surface area contributed by atoms with E-state index in [4.69, 9.17) is 5.73 Å². The van der Waals surface area contributed by atoms with Crippen molar-refractivity contribution in [2.24, 2.45) is 47.2 Å². The van der Waals surface area contributed by atoms with Crippen molar-refractivity contribution in [1.29, 1.82) is 0 Å². The molecule has 0 amide bonds. The second-order valence-electron chi connectivity index (χ2n) is 8.17. The first kappa shape index (κ1) is 16.3. The van der Waals surface area contributed by atoms with E-state index in [1.54, 1.807) is 6.42 Å². The van der Waals surface area contributed by atoms with Gasteiger partial charge >= 0.3 is 0 Å². The molecule has 0 aromatic heterocycles. The van der Waals surface area contributed by atoms with E-state index in [-0.39, 0.29) is 0 Å². The highest BCUT2D eigenvalue weighted by Crippen LogP contribution is 2.60. The number of hydrogen-bond acceptors (Lipinski definition) is 1. The summed E-state index contributed by atoms with van der Waals surface area (Å²) in [7, 11) is 0. The summed E-state index contributed by atoms with van der Waals surface area (Å²) in [6.07, 6.45) is 10.0. The van der Waals surface area contributed by atoms with E-state index in [1.165, 1.54) is 38.5 Å². The van der Waals surface area contributed by atoms with Gasteiger partial charge in [0.25, 0.3) is 0 Å². The summed E-state index contributed by atoms with van der Waals surface area (Å²) in [6.45, 7) is 10.6. The van der Waals surface area contributed by atoms with Gasteiger partial charge in [-0.2, -0.15) is 0 Å². The minimum atomic E-state index is 0.868. The highest BCUT2D eigenvalue weighted by atomic mass is 14.6. The molecule has 0 spiro atoms. The summed E-state index contributed by atoms with van der Waals surface area (Å²) in [6, 6.07) is 0. The van der Waals surface area contributed by atoms with Gasteiger partial charge < -0.3 is 5.73 Å². The second-order valence-corrected chi connectivity index (χ2v) is 8.17. The lowest BCUT2D eigenvalue weighted by molar-refractivity contribution is 0.137. The Kier molecular flexibility index (Phi) is 5.95. The van der Waals surface area contributed by atoms with Crippen LogP contribution in [0.4, 0.5) is 0 Å². The van der Waals surface area contributed by atoms with E-state index in [9.17, 15) is 0 Å². The van der Waals surface area contributed by atoms with Crippen molar-refractivity contribution >= 4 is 0 Å². The Hall–Kier alpha value is -0.0400. The molecule has 2 N–H and O–H groups in total. The van der Waals surface area contributed by atoms with Gasteiger partial charge in [-0.3, -0.25) is 0 Å². The van der Waals surface area contributed by atoms with Crippen LogP contribution in [-0.2, 0) is 0 Å². The third-order valence-electron chi connectivity index (χ3n) is 6.31. The largest absolute Gasteiger partial charge is 0.330 e. The van der Waals surface area contributed by atoms with Crippen LogP contribution in [0.1, 0.15) is 72.6 Å². The molecule has 0 aromatic carbocycles. The molecule has 0 radical (unpaired) electrons. The van der Waals surface area contributed by atoms with Gasteiger partial charge in [0.15, 0.2) is 0 Å². The van der Waals surface area contributed by atoms with Crippen LogP contribution in [0.25, 0.3) is 0 Å². The first-order valence-corrected chi connectivity index (χ1v) is 9.28. The van der Waals surface area contributed by atoms with Gasteiger partial charge in [-0.25, -0.2) is 0 Å². The van der Waals surface area contributed by atoms with E-state index in [2.05, 4.69) is 27.7 Å². The fraction of sp³-hybridized carbons (Fsp3) is 1.00. The maximum atomic E-state index is 5.71. The summed E-state index contributed by atoms with van der Waals surface area (Å²) in [4.78, 5) is 0. The van der Waals surface area contributed by atoms with Crippen LogP contribution in [0.5, 0.6) is 0 Å². The molecule has 1 heteroatoms. The van der Waals surface area contributed by atoms with E-state index in [1.807, 2.05) is 0 Å². The molecule has 2 fully saturated rings. The van der Waals surface area contributed by atoms with Crippen LogP contribution in [0, 0.1) is 41.4 Å². The molecule has 2 saturated carbocycles. The Bertz CT molecular complexity index is 285. The quantitative estimate of drug-likeness (QED) is 0.657. The Morgan fingerprint density at radius 2 is 1.70 bits per heavy atom. The Morgan fingerprint density at radius 3 is 2.30 bits per heavy atom. The van der Waals surface area contributed by atoms with Gasteiger partial charge in [-0.1, -0.05) is 34.1 Å². The maximum Gasteiger partial charge on any atom is -0.00772 e. The fourth-order valence-corrected chi connectivity index (χ4v) is 5.34. The molecule has 0 bridgehead atoms. The second kappa shape index (κ2) is 7.29. The van der Waals surface area contributed by atoms with Crippen LogP contribution in [0.3, 0.4) is 0 Å². The monoisotopic (exact) mass is 279 g/mol. The minimum Gasteiger partial charge on any atom is -0.330 e. The lowest BCUT2D eigenvalue weighted by Gasteiger charge is -2.36. The molecule has 118 valence electrons. The van der Waals surface area contributed by atoms with Crippen LogP contribution in [0.2, 0.25) is 0 Å². The SMILES string of the molecule is CCC(CCCN)C1CCC(C(C)CC(C)C)C2CC12. The molecule has 6 unspecified atom stereocenters. The highest BCUT2D eigenvalue weighted by molar-refractivity contribution is 5.01. The van der Waals surface area contributed by atoms with Crippen molar-refractivity contribution in [3.8, 4) is 0 Å². The van der Waals surface area contributed by atoms with Gasteiger partial charge in [-0.15, -0.1) is 0 Å². The molecular weight excluding hydrogens is 242 g/mol. The van der Waals surface area contributed by atoms with E-state index in [0.717, 1.165) is 48.0 Å². The third kappa shape index (κ3) is 3.78.